The highest BCUT2D eigenvalue weighted by Crippen LogP contribution is 2.29. The molecule has 2 aromatic heterocycles. The molecule has 1 N–H and O–H groups in total. The molecule has 0 radical (unpaired) electrons. The van der Waals surface area contributed by atoms with Crippen LogP contribution in [0.15, 0.2) is 45.0 Å². The molecule has 2 heterocycles. The quantitative estimate of drug-likeness (QED) is 0.502. The fourth-order valence-corrected chi connectivity index (χ4v) is 5.51. The molecule has 0 aliphatic carbocycles. The van der Waals surface area contributed by atoms with E-state index >= 15 is 0 Å². The summed E-state index contributed by atoms with van der Waals surface area (Å²) in [7, 11) is -3.47. The van der Waals surface area contributed by atoms with Crippen molar-refractivity contribution in [3.63, 3.8) is 0 Å². The van der Waals surface area contributed by atoms with Gasteiger partial charge in [0.15, 0.2) is 5.13 Å². The minimum absolute atomic E-state index is 0.138. The van der Waals surface area contributed by atoms with Crippen LogP contribution in [0.1, 0.15) is 37.4 Å². The zero-order valence-electron chi connectivity index (χ0n) is 18.1. The maximum atomic E-state index is 12.6. The van der Waals surface area contributed by atoms with Crippen LogP contribution in [0, 0.1) is 13.8 Å². The number of amides is 1. The molecule has 0 spiro atoms. The van der Waals surface area contributed by atoms with Crippen molar-refractivity contribution >= 4 is 32.4 Å². The Labute approximate surface area is 187 Å². The molecule has 0 aliphatic rings. The second-order valence-corrected chi connectivity index (χ2v) is 9.94. The Morgan fingerprint density at radius 2 is 1.84 bits per heavy atom. The van der Waals surface area contributed by atoms with Crippen molar-refractivity contribution in [2.24, 2.45) is 0 Å². The molecule has 0 fully saturated rings. The van der Waals surface area contributed by atoms with Crippen LogP contribution in [0.2, 0.25) is 0 Å². The number of nitrogens with zero attached hydrogens (tertiary/aromatic N) is 2. The zero-order valence-corrected chi connectivity index (χ0v) is 19.8. The van der Waals surface area contributed by atoms with Crippen molar-refractivity contribution in [1.29, 1.82) is 0 Å². The van der Waals surface area contributed by atoms with E-state index in [2.05, 4.69) is 10.3 Å². The van der Waals surface area contributed by atoms with E-state index in [4.69, 9.17) is 4.42 Å². The number of hydrogen-bond acceptors (Lipinski definition) is 6. The van der Waals surface area contributed by atoms with Crippen molar-refractivity contribution in [1.82, 2.24) is 9.29 Å². The van der Waals surface area contributed by atoms with Crippen LogP contribution < -0.4 is 5.32 Å². The van der Waals surface area contributed by atoms with Gasteiger partial charge in [-0.25, -0.2) is 13.4 Å². The SMILES string of the molecule is CCN(CC)S(=O)(=O)c1ccc(CCC(=O)Nc2nc(-c3cc(C)oc3C)cs2)cc1. The molecule has 0 saturated carbocycles. The predicted octanol–water partition coefficient (Wildman–Crippen LogP) is 4.62. The normalized spacial score (nSPS) is 11.8. The van der Waals surface area contributed by atoms with E-state index in [1.165, 1.54) is 15.6 Å². The van der Waals surface area contributed by atoms with Gasteiger partial charge in [-0.2, -0.15) is 4.31 Å². The zero-order chi connectivity index (χ0) is 22.6. The van der Waals surface area contributed by atoms with E-state index in [0.29, 0.717) is 24.6 Å². The highest BCUT2D eigenvalue weighted by atomic mass is 32.2. The minimum Gasteiger partial charge on any atom is -0.466 e. The smallest absolute Gasteiger partial charge is 0.243 e. The lowest BCUT2D eigenvalue weighted by Crippen LogP contribution is -2.30. The summed E-state index contributed by atoms with van der Waals surface area (Å²) in [6.07, 6.45) is 0.788. The molecule has 7 nitrogen and oxygen atoms in total. The lowest BCUT2D eigenvalue weighted by molar-refractivity contribution is -0.116. The lowest BCUT2D eigenvalue weighted by Gasteiger charge is -2.18. The van der Waals surface area contributed by atoms with Gasteiger partial charge in [-0.3, -0.25) is 4.79 Å². The van der Waals surface area contributed by atoms with Gasteiger partial charge in [-0.15, -0.1) is 11.3 Å². The Morgan fingerprint density at radius 1 is 1.16 bits per heavy atom. The van der Waals surface area contributed by atoms with Gasteiger partial charge >= 0.3 is 0 Å². The molecule has 0 unspecified atom stereocenters. The van der Waals surface area contributed by atoms with Crippen molar-refractivity contribution in [3.05, 3.63) is 52.8 Å². The Bertz CT molecular complexity index is 1140. The first-order valence-electron chi connectivity index (χ1n) is 10.2. The van der Waals surface area contributed by atoms with Crippen LogP contribution >= 0.6 is 11.3 Å². The first-order chi connectivity index (χ1) is 14.7. The lowest BCUT2D eigenvalue weighted by atomic mass is 10.1. The average molecular weight is 462 g/mol. The van der Waals surface area contributed by atoms with Crippen molar-refractivity contribution < 1.29 is 17.6 Å². The molecule has 3 aromatic rings. The van der Waals surface area contributed by atoms with Gasteiger partial charge in [0.2, 0.25) is 15.9 Å². The Balaban J connectivity index is 1.57. The van der Waals surface area contributed by atoms with E-state index in [1.807, 2.05) is 39.1 Å². The van der Waals surface area contributed by atoms with Crippen LogP contribution in [-0.4, -0.2) is 36.7 Å². The molecule has 0 aliphatic heterocycles. The molecule has 166 valence electrons. The molecule has 1 amide bonds. The number of aromatic nitrogens is 1. The molecule has 0 atom stereocenters. The summed E-state index contributed by atoms with van der Waals surface area (Å²) in [6, 6.07) is 8.65. The molecule has 0 saturated heterocycles. The minimum atomic E-state index is -3.47. The number of carbonyl (C=O) groups excluding carboxylic acids is 1. The second-order valence-electron chi connectivity index (χ2n) is 7.15. The van der Waals surface area contributed by atoms with E-state index in [1.54, 1.807) is 24.3 Å². The fourth-order valence-electron chi connectivity index (χ4n) is 3.32. The number of anilines is 1. The van der Waals surface area contributed by atoms with Gasteiger partial charge in [0.05, 0.1) is 10.6 Å². The summed E-state index contributed by atoms with van der Waals surface area (Å²) in [5, 5.41) is 5.26. The number of nitrogens with one attached hydrogen (secondary N) is 1. The monoisotopic (exact) mass is 461 g/mol. The Kier molecular flexibility index (Phi) is 7.30. The summed E-state index contributed by atoms with van der Waals surface area (Å²) in [4.78, 5) is 17.1. The van der Waals surface area contributed by atoms with E-state index in [-0.39, 0.29) is 17.2 Å². The number of hydrogen-bond donors (Lipinski definition) is 1. The third-order valence-electron chi connectivity index (χ3n) is 4.97. The third-order valence-corrected chi connectivity index (χ3v) is 7.80. The Morgan fingerprint density at radius 3 is 2.42 bits per heavy atom. The van der Waals surface area contributed by atoms with Crippen LogP contribution in [0.25, 0.3) is 11.3 Å². The highest BCUT2D eigenvalue weighted by molar-refractivity contribution is 7.89. The molecule has 31 heavy (non-hydrogen) atoms. The fraction of sp³-hybridized carbons (Fsp3) is 0.364. The van der Waals surface area contributed by atoms with E-state index in [0.717, 1.165) is 28.3 Å². The predicted molar refractivity (Wildman–Crippen MR) is 123 cm³/mol. The number of thiazole rings is 1. The van der Waals surface area contributed by atoms with E-state index in [9.17, 15) is 13.2 Å². The van der Waals surface area contributed by atoms with Crippen LogP contribution in [-0.2, 0) is 21.2 Å². The number of carbonyl (C=O) groups is 1. The maximum absolute atomic E-state index is 12.6. The van der Waals surface area contributed by atoms with Crippen LogP contribution in [0.5, 0.6) is 0 Å². The Hall–Kier alpha value is -2.49. The summed E-state index contributed by atoms with van der Waals surface area (Å²) in [6.45, 7) is 8.27. The number of sulfonamides is 1. The summed E-state index contributed by atoms with van der Waals surface area (Å²) in [5.41, 5.74) is 2.60. The van der Waals surface area contributed by atoms with Crippen LogP contribution in [0.3, 0.4) is 0 Å². The molecular formula is C22H27N3O4S2. The van der Waals surface area contributed by atoms with Gasteiger partial charge in [-0.05, 0) is 44.0 Å². The molecule has 3 rings (SSSR count). The number of rotatable bonds is 9. The number of furan rings is 1. The third kappa shape index (κ3) is 5.41. The maximum Gasteiger partial charge on any atom is 0.243 e. The number of benzene rings is 1. The summed E-state index contributed by atoms with van der Waals surface area (Å²) < 4.78 is 32.1. The summed E-state index contributed by atoms with van der Waals surface area (Å²) in [5.74, 6) is 1.48. The molecule has 1 aromatic carbocycles. The van der Waals surface area contributed by atoms with E-state index < -0.39 is 10.0 Å². The van der Waals surface area contributed by atoms with Crippen molar-refractivity contribution in [2.45, 2.75) is 45.4 Å². The largest absolute Gasteiger partial charge is 0.466 e. The van der Waals surface area contributed by atoms with Crippen LogP contribution in [0.4, 0.5) is 5.13 Å². The second kappa shape index (κ2) is 9.76. The molecular weight excluding hydrogens is 434 g/mol. The number of aryl methyl sites for hydroxylation is 3. The molecule has 9 heteroatoms. The average Bonchev–Trinajstić information content (AvgIpc) is 3.32. The van der Waals surface area contributed by atoms with Gasteiger partial charge in [0.25, 0.3) is 0 Å². The standard InChI is InChI=1S/C22H27N3O4S2/c1-5-25(6-2)31(27,28)18-10-7-17(8-11-18)9-12-21(26)24-22-23-20(14-30-22)19-13-15(3)29-16(19)4/h7-8,10-11,13-14H,5-6,9,12H2,1-4H3,(H,23,24,26). The molecule has 0 bridgehead atoms. The first kappa shape index (κ1) is 23.2. The van der Waals surface area contributed by atoms with Gasteiger partial charge in [-0.1, -0.05) is 26.0 Å². The van der Waals surface area contributed by atoms with Crippen molar-refractivity contribution in [3.8, 4) is 11.3 Å². The van der Waals surface area contributed by atoms with Gasteiger partial charge < -0.3 is 9.73 Å². The van der Waals surface area contributed by atoms with Crippen molar-refractivity contribution in [2.75, 3.05) is 18.4 Å². The first-order valence-corrected chi connectivity index (χ1v) is 12.5. The highest BCUT2D eigenvalue weighted by Gasteiger charge is 2.21. The van der Waals surface area contributed by atoms with Gasteiger partial charge in [0, 0.05) is 30.5 Å². The topological polar surface area (TPSA) is 92.5 Å². The van der Waals surface area contributed by atoms with Gasteiger partial charge in [0.1, 0.15) is 11.5 Å². The summed E-state index contributed by atoms with van der Waals surface area (Å²) >= 11 is 1.37.